The molecule has 0 aliphatic carbocycles. The Kier molecular flexibility index (Phi) is 4.60. The number of hydrogen-bond donors (Lipinski definition) is 1. The molecule has 0 bridgehead atoms. The fourth-order valence-electron chi connectivity index (χ4n) is 2.26. The molecule has 0 spiro atoms. The summed E-state index contributed by atoms with van der Waals surface area (Å²) in [5.74, 6) is 3.22. The molecular formula is C15H18N2OS2. The normalized spacial score (nSPS) is 18.9. The molecule has 5 heteroatoms. The number of ether oxygens (including phenoxy) is 1. The molecular weight excluding hydrogens is 288 g/mol. The van der Waals surface area contributed by atoms with Crippen LogP contribution in [0.5, 0.6) is 5.75 Å². The zero-order valence-electron chi connectivity index (χ0n) is 11.5. The van der Waals surface area contributed by atoms with Crippen molar-refractivity contribution in [1.82, 2.24) is 10.3 Å². The highest BCUT2D eigenvalue weighted by molar-refractivity contribution is 7.99. The summed E-state index contributed by atoms with van der Waals surface area (Å²) in [7, 11) is 0. The number of nitrogens with one attached hydrogen (secondary N) is 1. The number of thioether (sulfide) groups is 1. The van der Waals surface area contributed by atoms with Gasteiger partial charge in [0.15, 0.2) is 0 Å². The maximum atomic E-state index is 5.69. The van der Waals surface area contributed by atoms with Crippen LogP contribution in [0.4, 0.5) is 0 Å². The topological polar surface area (TPSA) is 34.1 Å². The molecule has 2 heterocycles. The maximum absolute atomic E-state index is 5.69. The summed E-state index contributed by atoms with van der Waals surface area (Å²) in [4.78, 5) is 4.81. The van der Waals surface area contributed by atoms with Gasteiger partial charge in [-0.2, -0.15) is 11.8 Å². The van der Waals surface area contributed by atoms with E-state index in [1.807, 2.05) is 36.9 Å². The van der Waals surface area contributed by atoms with Crippen LogP contribution in [0, 0.1) is 0 Å². The van der Waals surface area contributed by atoms with Gasteiger partial charge >= 0.3 is 0 Å². The summed E-state index contributed by atoms with van der Waals surface area (Å²) in [5.41, 5.74) is 2.10. The van der Waals surface area contributed by atoms with Gasteiger partial charge in [-0.3, -0.25) is 0 Å². The van der Waals surface area contributed by atoms with E-state index >= 15 is 0 Å². The second-order valence-electron chi connectivity index (χ2n) is 4.58. The molecule has 1 aromatic carbocycles. The summed E-state index contributed by atoms with van der Waals surface area (Å²) in [6, 6.07) is 8.51. The quantitative estimate of drug-likeness (QED) is 0.936. The first kappa shape index (κ1) is 13.9. The fraction of sp³-hybridized carbons (Fsp3) is 0.400. The highest BCUT2D eigenvalue weighted by Crippen LogP contribution is 2.33. The molecule has 1 saturated heterocycles. The summed E-state index contributed by atoms with van der Waals surface area (Å²) < 4.78 is 5.69. The lowest BCUT2D eigenvalue weighted by Crippen LogP contribution is -2.30. The van der Waals surface area contributed by atoms with Crippen LogP contribution in [0.15, 0.2) is 29.6 Å². The van der Waals surface area contributed by atoms with Gasteiger partial charge in [0.2, 0.25) is 0 Å². The molecule has 20 heavy (non-hydrogen) atoms. The molecule has 1 aliphatic rings. The van der Waals surface area contributed by atoms with Crippen molar-refractivity contribution in [3.8, 4) is 17.0 Å². The Morgan fingerprint density at radius 1 is 1.40 bits per heavy atom. The van der Waals surface area contributed by atoms with Crippen LogP contribution < -0.4 is 10.1 Å². The second-order valence-corrected chi connectivity index (χ2v) is 6.62. The Labute approximate surface area is 127 Å². The van der Waals surface area contributed by atoms with Gasteiger partial charge < -0.3 is 10.1 Å². The first-order valence-corrected chi connectivity index (χ1v) is 8.90. The average molecular weight is 306 g/mol. The number of aromatic nitrogens is 1. The zero-order chi connectivity index (χ0) is 13.8. The van der Waals surface area contributed by atoms with Crippen LogP contribution in [0.1, 0.15) is 18.0 Å². The highest BCUT2D eigenvalue weighted by Gasteiger charge is 2.19. The van der Waals surface area contributed by atoms with E-state index in [0.717, 1.165) is 29.3 Å². The van der Waals surface area contributed by atoms with E-state index in [2.05, 4.69) is 16.8 Å². The van der Waals surface area contributed by atoms with Gasteiger partial charge in [-0.05, 0) is 19.1 Å². The number of benzene rings is 1. The van der Waals surface area contributed by atoms with Crippen molar-refractivity contribution in [1.29, 1.82) is 0 Å². The smallest absolute Gasteiger partial charge is 0.128 e. The van der Waals surface area contributed by atoms with Crippen molar-refractivity contribution in [2.24, 2.45) is 0 Å². The van der Waals surface area contributed by atoms with E-state index in [4.69, 9.17) is 9.72 Å². The Bertz CT molecular complexity index is 565. The van der Waals surface area contributed by atoms with E-state index in [0.29, 0.717) is 12.6 Å². The third-order valence-electron chi connectivity index (χ3n) is 3.20. The lowest BCUT2D eigenvalue weighted by atomic mass is 10.1. The molecule has 0 radical (unpaired) electrons. The zero-order valence-corrected chi connectivity index (χ0v) is 13.1. The summed E-state index contributed by atoms with van der Waals surface area (Å²) in [6.45, 7) is 3.75. The van der Waals surface area contributed by atoms with Crippen LogP contribution in [0.2, 0.25) is 0 Å². The third-order valence-corrected chi connectivity index (χ3v) is 5.22. The van der Waals surface area contributed by atoms with Crippen LogP contribution in [-0.2, 0) is 0 Å². The standard InChI is InChI=1S/C15H18N2OS2/c1-2-18-14-6-4-3-5-11(14)12-10-20-15(17-12)13-9-19-8-7-16-13/h3-6,10,13,16H,2,7-9H2,1H3. The molecule has 1 atom stereocenters. The maximum Gasteiger partial charge on any atom is 0.128 e. The van der Waals surface area contributed by atoms with Gasteiger partial charge in [-0.15, -0.1) is 11.3 Å². The number of thiazole rings is 1. The predicted molar refractivity (Wildman–Crippen MR) is 86.8 cm³/mol. The molecule has 0 saturated carbocycles. The van der Waals surface area contributed by atoms with Gasteiger partial charge in [0.05, 0.1) is 18.3 Å². The molecule has 1 aromatic heterocycles. The van der Waals surface area contributed by atoms with Crippen molar-refractivity contribution in [3.63, 3.8) is 0 Å². The highest BCUT2D eigenvalue weighted by atomic mass is 32.2. The van der Waals surface area contributed by atoms with Crippen molar-refractivity contribution >= 4 is 23.1 Å². The molecule has 1 aliphatic heterocycles. The van der Waals surface area contributed by atoms with Gasteiger partial charge in [-0.1, -0.05) is 12.1 Å². The lowest BCUT2D eigenvalue weighted by Gasteiger charge is -2.20. The number of rotatable bonds is 4. The monoisotopic (exact) mass is 306 g/mol. The Morgan fingerprint density at radius 2 is 2.30 bits per heavy atom. The first-order valence-electron chi connectivity index (χ1n) is 6.87. The lowest BCUT2D eigenvalue weighted by molar-refractivity contribution is 0.341. The third kappa shape index (κ3) is 3.00. The molecule has 1 N–H and O–H groups in total. The summed E-state index contributed by atoms with van der Waals surface area (Å²) >= 11 is 3.73. The van der Waals surface area contributed by atoms with Gasteiger partial charge in [0.25, 0.3) is 0 Å². The Morgan fingerprint density at radius 3 is 3.10 bits per heavy atom. The van der Waals surface area contributed by atoms with E-state index in [9.17, 15) is 0 Å². The van der Waals surface area contributed by atoms with Gasteiger partial charge in [0.1, 0.15) is 10.8 Å². The van der Waals surface area contributed by atoms with Crippen molar-refractivity contribution in [2.45, 2.75) is 13.0 Å². The van der Waals surface area contributed by atoms with Gasteiger partial charge in [-0.25, -0.2) is 4.98 Å². The average Bonchev–Trinajstić information content (AvgIpc) is 2.99. The van der Waals surface area contributed by atoms with Crippen LogP contribution in [0.25, 0.3) is 11.3 Å². The van der Waals surface area contributed by atoms with Crippen LogP contribution in [-0.4, -0.2) is 29.6 Å². The van der Waals surface area contributed by atoms with Crippen molar-refractivity contribution in [2.75, 3.05) is 24.7 Å². The minimum atomic E-state index is 0.395. The van der Waals surface area contributed by atoms with Crippen LogP contribution in [0.3, 0.4) is 0 Å². The van der Waals surface area contributed by atoms with Crippen LogP contribution >= 0.6 is 23.1 Å². The SMILES string of the molecule is CCOc1ccccc1-c1csc(C2CSCCN2)n1. The minimum Gasteiger partial charge on any atom is -0.493 e. The number of hydrogen-bond acceptors (Lipinski definition) is 5. The molecule has 1 fully saturated rings. The number of nitrogens with zero attached hydrogens (tertiary/aromatic N) is 1. The van der Waals surface area contributed by atoms with E-state index in [-0.39, 0.29) is 0 Å². The Balaban J connectivity index is 1.86. The molecule has 3 rings (SSSR count). The van der Waals surface area contributed by atoms with Gasteiger partial charge in [0, 0.05) is 29.0 Å². The fourth-order valence-corrected chi connectivity index (χ4v) is 4.19. The van der Waals surface area contributed by atoms with E-state index in [1.54, 1.807) is 11.3 Å². The molecule has 1 unspecified atom stereocenters. The van der Waals surface area contributed by atoms with E-state index < -0.39 is 0 Å². The van der Waals surface area contributed by atoms with Crippen molar-refractivity contribution < 1.29 is 4.74 Å². The number of para-hydroxylation sites is 1. The molecule has 2 aromatic rings. The largest absolute Gasteiger partial charge is 0.493 e. The molecule has 0 amide bonds. The first-order chi connectivity index (χ1) is 9.88. The summed E-state index contributed by atoms with van der Waals surface area (Å²) in [6.07, 6.45) is 0. The minimum absolute atomic E-state index is 0.395. The summed E-state index contributed by atoms with van der Waals surface area (Å²) in [5, 5.41) is 6.85. The molecule has 3 nitrogen and oxygen atoms in total. The van der Waals surface area contributed by atoms with E-state index in [1.165, 1.54) is 10.8 Å². The predicted octanol–water partition coefficient (Wildman–Crippen LogP) is 3.59. The molecule has 106 valence electrons. The second kappa shape index (κ2) is 6.61. The Hall–Kier alpha value is -1.04. The van der Waals surface area contributed by atoms with Crippen molar-refractivity contribution in [3.05, 3.63) is 34.7 Å².